The molecule has 5 nitrogen and oxygen atoms in total. The molecule has 1 aromatic carbocycles. The Hall–Kier alpha value is -1.88. The minimum Gasteiger partial charge on any atom is -0.494 e. The van der Waals surface area contributed by atoms with Crippen molar-refractivity contribution in [3.05, 3.63) is 30.2 Å². The first kappa shape index (κ1) is 13.5. The number of ether oxygens (including phenoxy) is 1. The molecule has 1 heterocycles. The van der Waals surface area contributed by atoms with E-state index in [0.29, 0.717) is 18.3 Å². The summed E-state index contributed by atoms with van der Waals surface area (Å²) in [5.74, 6) is 2.11. The molecule has 0 aliphatic heterocycles. The molecule has 19 heavy (non-hydrogen) atoms. The lowest BCUT2D eigenvalue weighted by Gasteiger charge is -2.02. The summed E-state index contributed by atoms with van der Waals surface area (Å²) < 4.78 is 10.7. The van der Waals surface area contributed by atoms with Gasteiger partial charge in [-0.25, -0.2) is 0 Å². The second-order valence-electron chi connectivity index (χ2n) is 4.18. The van der Waals surface area contributed by atoms with Crippen LogP contribution >= 0.6 is 0 Å². The van der Waals surface area contributed by atoms with E-state index in [1.807, 2.05) is 38.2 Å². The topological polar surface area (TPSA) is 60.2 Å². The molecule has 0 atom stereocenters. The molecule has 1 N–H and O–H groups in total. The van der Waals surface area contributed by atoms with Gasteiger partial charge in [-0.05, 0) is 39.1 Å². The molecule has 0 aliphatic carbocycles. The lowest BCUT2D eigenvalue weighted by Crippen LogP contribution is -2.08. The van der Waals surface area contributed by atoms with E-state index >= 15 is 0 Å². The molecule has 0 saturated heterocycles. The van der Waals surface area contributed by atoms with Gasteiger partial charge in [0.15, 0.2) is 0 Å². The Morgan fingerprint density at radius 1 is 1.37 bits per heavy atom. The van der Waals surface area contributed by atoms with Gasteiger partial charge in [0, 0.05) is 12.0 Å². The Balaban J connectivity index is 2.07. The highest BCUT2D eigenvalue weighted by atomic mass is 16.5. The molecular formula is C14H19N3O2. The SMILES string of the molecule is CCOc1cccc(-c2noc(CCCNC)n2)c1. The highest BCUT2D eigenvalue weighted by Gasteiger charge is 2.09. The molecule has 0 fully saturated rings. The molecule has 0 bridgehead atoms. The van der Waals surface area contributed by atoms with Crippen LogP contribution in [0.2, 0.25) is 0 Å². The smallest absolute Gasteiger partial charge is 0.227 e. The summed E-state index contributed by atoms with van der Waals surface area (Å²) in [5.41, 5.74) is 0.912. The molecule has 0 radical (unpaired) electrons. The minimum absolute atomic E-state index is 0.612. The van der Waals surface area contributed by atoms with Gasteiger partial charge in [-0.15, -0.1) is 0 Å². The Morgan fingerprint density at radius 2 is 2.26 bits per heavy atom. The number of aryl methyl sites for hydroxylation is 1. The van der Waals surface area contributed by atoms with Crippen LogP contribution in [0.4, 0.5) is 0 Å². The van der Waals surface area contributed by atoms with Crippen molar-refractivity contribution < 1.29 is 9.26 Å². The summed E-state index contributed by atoms with van der Waals surface area (Å²) in [4.78, 5) is 4.39. The summed E-state index contributed by atoms with van der Waals surface area (Å²) in [5, 5.41) is 7.10. The fourth-order valence-corrected chi connectivity index (χ4v) is 1.78. The molecule has 2 rings (SSSR count). The molecule has 0 spiro atoms. The van der Waals surface area contributed by atoms with E-state index in [2.05, 4.69) is 15.5 Å². The second-order valence-corrected chi connectivity index (χ2v) is 4.18. The van der Waals surface area contributed by atoms with Gasteiger partial charge >= 0.3 is 0 Å². The first-order chi connectivity index (χ1) is 9.33. The van der Waals surface area contributed by atoms with Crippen LogP contribution in [0.5, 0.6) is 5.75 Å². The van der Waals surface area contributed by atoms with Gasteiger partial charge in [0.05, 0.1) is 6.61 Å². The molecule has 1 aromatic heterocycles. The zero-order chi connectivity index (χ0) is 13.5. The van der Waals surface area contributed by atoms with Crippen LogP contribution in [0.15, 0.2) is 28.8 Å². The Morgan fingerprint density at radius 3 is 3.05 bits per heavy atom. The number of nitrogens with one attached hydrogen (secondary N) is 1. The van der Waals surface area contributed by atoms with E-state index in [1.54, 1.807) is 0 Å². The van der Waals surface area contributed by atoms with Crippen molar-refractivity contribution in [2.45, 2.75) is 19.8 Å². The average molecular weight is 261 g/mol. The lowest BCUT2D eigenvalue weighted by atomic mass is 10.2. The zero-order valence-corrected chi connectivity index (χ0v) is 11.3. The first-order valence-electron chi connectivity index (χ1n) is 6.54. The van der Waals surface area contributed by atoms with Crippen molar-refractivity contribution in [2.24, 2.45) is 0 Å². The van der Waals surface area contributed by atoms with Gasteiger partial charge < -0.3 is 14.6 Å². The fourth-order valence-electron chi connectivity index (χ4n) is 1.78. The zero-order valence-electron chi connectivity index (χ0n) is 11.3. The van der Waals surface area contributed by atoms with Crippen molar-refractivity contribution in [3.8, 4) is 17.1 Å². The third-order valence-electron chi connectivity index (χ3n) is 2.69. The molecule has 0 amide bonds. The van der Waals surface area contributed by atoms with Crippen molar-refractivity contribution in [1.29, 1.82) is 0 Å². The predicted octanol–water partition coefficient (Wildman–Crippen LogP) is 2.29. The van der Waals surface area contributed by atoms with Crippen molar-refractivity contribution in [1.82, 2.24) is 15.5 Å². The predicted molar refractivity (Wildman–Crippen MR) is 73.2 cm³/mol. The number of nitrogens with zero attached hydrogens (tertiary/aromatic N) is 2. The van der Waals surface area contributed by atoms with Crippen LogP contribution in [-0.4, -0.2) is 30.3 Å². The van der Waals surface area contributed by atoms with Crippen molar-refractivity contribution in [2.75, 3.05) is 20.2 Å². The highest BCUT2D eigenvalue weighted by molar-refractivity contribution is 5.56. The van der Waals surface area contributed by atoms with Crippen molar-refractivity contribution >= 4 is 0 Å². The Kier molecular flexibility index (Phi) is 4.92. The summed E-state index contributed by atoms with van der Waals surface area (Å²) >= 11 is 0. The second kappa shape index (κ2) is 6.89. The van der Waals surface area contributed by atoms with Crippen LogP contribution in [0.3, 0.4) is 0 Å². The maximum absolute atomic E-state index is 5.46. The number of benzene rings is 1. The van der Waals surface area contributed by atoms with E-state index < -0.39 is 0 Å². The number of rotatable bonds is 7. The molecule has 2 aromatic rings. The van der Waals surface area contributed by atoms with Crippen LogP contribution in [0.25, 0.3) is 11.4 Å². The third kappa shape index (κ3) is 3.79. The van der Waals surface area contributed by atoms with E-state index in [0.717, 1.165) is 30.7 Å². The Bertz CT molecular complexity index is 511. The molecule has 102 valence electrons. The fraction of sp³-hybridized carbons (Fsp3) is 0.429. The monoisotopic (exact) mass is 261 g/mol. The van der Waals surface area contributed by atoms with Crippen LogP contribution in [0.1, 0.15) is 19.2 Å². The van der Waals surface area contributed by atoms with E-state index in [4.69, 9.17) is 9.26 Å². The van der Waals surface area contributed by atoms with E-state index in [1.165, 1.54) is 0 Å². The van der Waals surface area contributed by atoms with Crippen molar-refractivity contribution in [3.63, 3.8) is 0 Å². The van der Waals surface area contributed by atoms with E-state index in [9.17, 15) is 0 Å². The van der Waals surface area contributed by atoms with Gasteiger partial charge in [0.2, 0.25) is 11.7 Å². The summed E-state index contributed by atoms with van der Waals surface area (Å²) in [7, 11) is 1.93. The van der Waals surface area contributed by atoms with Crippen LogP contribution in [0, 0.1) is 0 Å². The Labute approximate surface area is 113 Å². The van der Waals surface area contributed by atoms with Gasteiger partial charge in [-0.1, -0.05) is 17.3 Å². The minimum atomic E-state index is 0.612. The van der Waals surface area contributed by atoms with Gasteiger partial charge in [-0.2, -0.15) is 4.98 Å². The van der Waals surface area contributed by atoms with Crippen LogP contribution < -0.4 is 10.1 Å². The normalized spacial score (nSPS) is 10.6. The summed E-state index contributed by atoms with van der Waals surface area (Å²) in [6, 6.07) is 7.72. The molecule has 0 aliphatic rings. The van der Waals surface area contributed by atoms with Gasteiger partial charge in [-0.3, -0.25) is 0 Å². The summed E-state index contributed by atoms with van der Waals surface area (Å²) in [6.45, 7) is 3.55. The first-order valence-corrected chi connectivity index (χ1v) is 6.54. The average Bonchev–Trinajstić information content (AvgIpc) is 2.89. The van der Waals surface area contributed by atoms with Crippen LogP contribution in [-0.2, 0) is 6.42 Å². The van der Waals surface area contributed by atoms with Gasteiger partial charge in [0.1, 0.15) is 5.75 Å². The maximum Gasteiger partial charge on any atom is 0.227 e. The number of hydrogen-bond acceptors (Lipinski definition) is 5. The van der Waals surface area contributed by atoms with Gasteiger partial charge in [0.25, 0.3) is 0 Å². The maximum atomic E-state index is 5.46. The summed E-state index contributed by atoms with van der Waals surface area (Å²) in [6.07, 6.45) is 1.77. The lowest BCUT2D eigenvalue weighted by molar-refractivity contribution is 0.340. The molecule has 5 heteroatoms. The number of hydrogen-bond donors (Lipinski definition) is 1. The largest absolute Gasteiger partial charge is 0.494 e. The standard InChI is InChI=1S/C14H19N3O2/c1-3-18-12-7-4-6-11(10-12)14-16-13(19-17-14)8-5-9-15-2/h4,6-7,10,15H,3,5,8-9H2,1-2H3. The third-order valence-corrected chi connectivity index (χ3v) is 2.69. The van der Waals surface area contributed by atoms with E-state index in [-0.39, 0.29) is 0 Å². The highest BCUT2D eigenvalue weighted by Crippen LogP contribution is 2.21. The quantitative estimate of drug-likeness (QED) is 0.775. The molecular weight excluding hydrogens is 242 g/mol. The molecule has 0 saturated carbocycles. The molecule has 0 unspecified atom stereocenters. The number of aromatic nitrogens is 2.